The predicted molar refractivity (Wildman–Crippen MR) is 146 cm³/mol. The van der Waals surface area contributed by atoms with Gasteiger partial charge >= 0.3 is 0 Å². The van der Waals surface area contributed by atoms with Gasteiger partial charge < -0.3 is 24.1 Å². The Hall–Kier alpha value is -4.59. The lowest BCUT2D eigenvalue weighted by atomic mass is 10.1. The highest BCUT2D eigenvalue weighted by Gasteiger charge is 2.19. The molecule has 0 spiro atoms. The Kier molecular flexibility index (Phi) is 9.12. The number of ether oxygens (including phenoxy) is 4. The van der Waals surface area contributed by atoms with Crippen LogP contribution in [0, 0.1) is 0 Å². The van der Waals surface area contributed by atoms with Crippen molar-refractivity contribution in [2.24, 2.45) is 0 Å². The summed E-state index contributed by atoms with van der Waals surface area (Å²) in [4.78, 5) is 14.3. The van der Waals surface area contributed by atoms with E-state index in [0.717, 1.165) is 0 Å². The van der Waals surface area contributed by atoms with E-state index < -0.39 is 0 Å². The Bertz CT molecular complexity index is 1320. The van der Waals surface area contributed by atoms with Crippen LogP contribution >= 0.6 is 0 Å². The average Bonchev–Trinajstić information content (AvgIpc) is 2.94. The molecule has 0 bridgehead atoms. The SMILES string of the molecule is CC=COCCOc1ccc(-c2nc(-c3ccccc3OCC)nc(-c3ccccc3OCC)n2)c(O)c1. The molecule has 1 N–H and O–H groups in total. The van der Waals surface area contributed by atoms with Crippen LogP contribution in [0.25, 0.3) is 34.2 Å². The third-order valence-corrected chi connectivity index (χ3v) is 5.40. The number of phenolic OH excluding ortho intramolecular Hbond substituents is 1. The third kappa shape index (κ3) is 6.39. The number of aromatic hydroxyl groups is 1. The highest BCUT2D eigenvalue weighted by atomic mass is 16.5. The summed E-state index contributed by atoms with van der Waals surface area (Å²) in [7, 11) is 0. The normalized spacial score (nSPS) is 10.9. The predicted octanol–water partition coefficient (Wildman–Crippen LogP) is 6.30. The quantitative estimate of drug-likeness (QED) is 0.174. The van der Waals surface area contributed by atoms with E-state index >= 15 is 0 Å². The standard InChI is InChI=1S/C30H31N3O5/c1-4-17-35-18-19-38-21-15-16-22(25(34)20-21)28-31-29(23-11-7-9-13-26(23)36-5-2)33-30(32-28)24-12-8-10-14-27(24)37-6-3/h4,7-17,20,34H,5-6,18-19H2,1-3H3. The first-order valence-corrected chi connectivity index (χ1v) is 12.5. The zero-order chi connectivity index (χ0) is 26.7. The van der Waals surface area contributed by atoms with Gasteiger partial charge in [-0.2, -0.15) is 0 Å². The number of phenols is 1. The maximum absolute atomic E-state index is 10.9. The molecule has 1 aromatic heterocycles. The van der Waals surface area contributed by atoms with E-state index in [2.05, 4.69) is 0 Å². The molecule has 0 aliphatic heterocycles. The second kappa shape index (κ2) is 13.1. The van der Waals surface area contributed by atoms with Crippen molar-refractivity contribution in [3.63, 3.8) is 0 Å². The number of nitrogens with zero attached hydrogens (tertiary/aromatic N) is 3. The Morgan fingerprint density at radius 2 is 1.24 bits per heavy atom. The molecular weight excluding hydrogens is 482 g/mol. The van der Waals surface area contributed by atoms with Crippen LogP contribution < -0.4 is 14.2 Å². The number of aromatic nitrogens is 3. The summed E-state index contributed by atoms with van der Waals surface area (Å²) in [5.41, 5.74) is 1.87. The number of rotatable bonds is 12. The fourth-order valence-electron chi connectivity index (χ4n) is 3.76. The van der Waals surface area contributed by atoms with E-state index in [4.69, 9.17) is 33.9 Å². The van der Waals surface area contributed by atoms with Crippen LogP contribution in [-0.2, 0) is 4.74 Å². The Balaban J connectivity index is 1.78. The number of para-hydroxylation sites is 2. The van der Waals surface area contributed by atoms with Crippen molar-refractivity contribution in [3.8, 4) is 57.2 Å². The molecule has 0 saturated carbocycles. The molecule has 4 rings (SSSR count). The van der Waals surface area contributed by atoms with Crippen molar-refractivity contribution < 1.29 is 24.1 Å². The molecule has 1 heterocycles. The molecule has 3 aromatic carbocycles. The summed E-state index contributed by atoms with van der Waals surface area (Å²) in [5.74, 6) is 2.95. The maximum atomic E-state index is 10.9. The summed E-state index contributed by atoms with van der Waals surface area (Å²) in [6.07, 6.45) is 3.41. The van der Waals surface area contributed by atoms with E-state index in [9.17, 15) is 5.11 Å². The molecule has 196 valence electrons. The molecule has 0 saturated heterocycles. The zero-order valence-electron chi connectivity index (χ0n) is 21.8. The van der Waals surface area contributed by atoms with Crippen LogP contribution in [0.3, 0.4) is 0 Å². The average molecular weight is 514 g/mol. The van der Waals surface area contributed by atoms with Crippen LogP contribution in [0.4, 0.5) is 0 Å². The number of allylic oxidation sites excluding steroid dienone is 1. The Morgan fingerprint density at radius 3 is 1.76 bits per heavy atom. The molecule has 0 unspecified atom stereocenters. The van der Waals surface area contributed by atoms with Gasteiger partial charge in [-0.05, 0) is 57.2 Å². The molecule has 0 amide bonds. The molecule has 0 atom stereocenters. The van der Waals surface area contributed by atoms with Gasteiger partial charge in [-0.15, -0.1) is 0 Å². The fraction of sp³-hybridized carbons (Fsp3) is 0.233. The number of hydrogen-bond donors (Lipinski definition) is 1. The van der Waals surface area contributed by atoms with E-state index in [1.165, 1.54) is 6.07 Å². The first-order chi connectivity index (χ1) is 18.6. The minimum absolute atomic E-state index is 0.0174. The van der Waals surface area contributed by atoms with Gasteiger partial charge in [0.25, 0.3) is 0 Å². The molecular formula is C30H31N3O5. The summed E-state index contributed by atoms with van der Waals surface area (Å²) in [6.45, 7) is 7.45. The van der Waals surface area contributed by atoms with Crippen molar-refractivity contribution in [3.05, 3.63) is 79.1 Å². The lowest BCUT2D eigenvalue weighted by Gasteiger charge is -2.14. The summed E-state index contributed by atoms with van der Waals surface area (Å²) < 4.78 is 22.6. The van der Waals surface area contributed by atoms with E-state index in [1.807, 2.05) is 69.3 Å². The molecule has 0 fully saturated rings. The summed E-state index contributed by atoms with van der Waals surface area (Å²) in [6, 6.07) is 20.2. The van der Waals surface area contributed by atoms with Crippen LogP contribution in [0.2, 0.25) is 0 Å². The topological polar surface area (TPSA) is 95.8 Å². The molecule has 38 heavy (non-hydrogen) atoms. The van der Waals surface area contributed by atoms with Crippen LogP contribution in [0.1, 0.15) is 20.8 Å². The van der Waals surface area contributed by atoms with Crippen LogP contribution in [0.5, 0.6) is 23.0 Å². The third-order valence-electron chi connectivity index (χ3n) is 5.40. The van der Waals surface area contributed by atoms with Crippen molar-refractivity contribution in [1.82, 2.24) is 15.0 Å². The monoisotopic (exact) mass is 513 g/mol. The van der Waals surface area contributed by atoms with E-state index in [-0.39, 0.29) is 5.75 Å². The Labute approximate surface area is 222 Å². The molecule has 0 radical (unpaired) electrons. The van der Waals surface area contributed by atoms with Gasteiger partial charge in [0.15, 0.2) is 17.5 Å². The fourth-order valence-corrected chi connectivity index (χ4v) is 3.76. The minimum Gasteiger partial charge on any atom is -0.507 e. The maximum Gasteiger partial charge on any atom is 0.167 e. The van der Waals surface area contributed by atoms with Gasteiger partial charge in [0.1, 0.15) is 36.2 Å². The first-order valence-electron chi connectivity index (χ1n) is 12.5. The van der Waals surface area contributed by atoms with Gasteiger partial charge in [-0.25, -0.2) is 15.0 Å². The second-order valence-electron chi connectivity index (χ2n) is 8.03. The van der Waals surface area contributed by atoms with Crippen molar-refractivity contribution >= 4 is 0 Å². The van der Waals surface area contributed by atoms with E-state index in [0.29, 0.717) is 77.8 Å². The van der Waals surface area contributed by atoms with Gasteiger partial charge in [0, 0.05) is 6.07 Å². The summed E-state index contributed by atoms with van der Waals surface area (Å²) >= 11 is 0. The molecule has 0 aliphatic carbocycles. The molecule has 8 heteroatoms. The highest BCUT2D eigenvalue weighted by Crippen LogP contribution is 2.36. The van der Waals surface area contributed by atoms with Gasteiger partial charge in [-0.1, -0.05) is 30.3 Å². The lowest BCUT2D eigenvalue weighted by Crippen LogP contribution is -2.04. The number of benzene rings is 3. The molecule has 0 aliphatic rings. The Morgan fingerprint density at radius 1 is 0.684 bits per heavy atom. The van der Waals surface area contributed by atoms with Gasteiger partial charge in [0.05, 0.1) is 36.2 Å². The summed E-state index contributed by atoms with van der Waals surface area (Å²) in [5, 5.41) is 10.9. The van der Waals surface area contributed by atoms with Crippen molar-refractivity contribution in [2.45, 2.75) is 20.8 Å². The highest BCUT2D eigenvalue weighted by molar-refractivity contribution is 5.74. The first kappa shape index (κ1) is 26.5. The number of hydrogen-bond acceptors (Lipinski definition) is 8. The van der Waals surface area contributed by atoms with Gasteiger partial charge in [-0.3, -0.25) is 0 Å². The minimum atomic E-state index is -0.0174. The molecule has 4 aromatic rings. The smallest absolute Gasteiger partial charge is 0.167 e. The van der Waals surface area contributed by atoms with Crippen molar-refractivity contribution in [2.75, 3.05) is 26.4 Å². The van der Waals surface area contributed by atoms with Crippen LogP contribution in [0.15, 0.2) is 79.1 Å². The largest absolute Gasteiger partial charge is 0.507 e. The van der Waals surface area contributed by atoms with Crippen LogP contribution in [-0.4, -0.2) is 46.5 Å². The van der Waals surface area contributed by atoms with Gasteiger partial charge in [0.2, 0.25) is 0 Å². The molecule has 8 nitrogen and oxygen atoms in total. The van der Waals surface area contributed by atoms with Crippen molar-refractivity contribution in [1.29, 1.82) is 0 Å². The van der Waals surface area contributed by atoms with E-state index in [1.54, 1.807) is 24.5 Å². The zero-order valence-corrected chi connectivity index (χ0v) is 21.8. The second-order valence-corrected chi connectivity index (χ2v) is 8.03. The lowest BCUT2D eigenvalue weighted by molar-refractivity contribution is 0.178.